The third-order valence-electron chi connectivity index (χ3n) is 3.12. The number of hydrogen-bond acceptors (Lipinski definition) is 1. The van der Waals surface area contributed by atoms with Crippen LogP contribution in [0.3, 0.4) is 0 Å². The highest BCUT2D eigenvalue weighted by Crippen LogP contribution is 2.25. The van der Waals surface area contributed by atoms with Crippen LogP contribution < -0.4 is 4.90 Å². The second-order valence-electron chi connectivity index (χ2n) is 6.10. The predicted octanol–water partition coefficient (Wildman–Crippen LogP) is 3.88. The SMILES string of the molecule is CC(C)(C)Cc1cccc(N2CCCC2)c1. The van der Waals surface area contributed by atoms with Crippen LogP contribution in [0.2, 0.25) is 0 Å². The normalized spacial score (nSPS) is 16.8. The monoisotopic (exact) mass is 217 g/mol. The molecule has 16 heavy (non-hydrogen) atoms. The molecule has 1 aromatic rings. The Morgan fingerprint density at radius 2 is 1.81 bits per heavy atom. The van der Waals surface area contributed by atoms with Crippen LogP contribution >= 0.6 is 0 Å². The molecule has 2 rings (SSSR count). The van der Waals surface area contributed by atoms with Crippen LogP contribution in [0.15, 0.2) is 24.3 Å². The molecular formula is C15H23N. The number of nitrogens with zero attached hydrogens (tertiary/aromatic N) is 1. The van der Waals surface area contributed by atoms with E-state index in [0.29, 0.717) is 5.41 Å². The van der Waals surface area contributed by atoms with Gasteiger partial charge in [-0.25, -0.2) is 0 Å². The first-order chi connectivity index (χ1) is 7.54. The highest BCUT2D eigenvalue weighted by atomic mass is 15.1. The summed E-state index contributed by atoms with van der Waals surface area (Å²) in [6.45, 7) is 9.37. The summed E-state index contributed by atoms with van der Waals surface area (Å²) in [5.41, 5.74) is 3.26. The Hall–Kier alpha value is -0.980. The topological polar surface area (TPSA) is 3.24 Å². The van der Waals surface area contributed by atoms with Gasteiger partial charge in [-0.15, -0.1) is 0 Å². The van der Waals surface area contributed by atoms with Crippen molar-refractivity contribution in [1.82, 2.24) is 0 Å². The van der Waals surface area contributed by atoms with E-state index in [1.54, 1.807) is 0 Å². The van der Waals surface area contributed by atoms with Crippen molar-refractivity contribution >= 4 is 5.69 Å². The first-order valence-electron chi connectivity index (χ1n) is 6.38. The first-order valence-corrected chi connectivity index (χ1v) is 6.38. The van der Waals surface area contributed by atoms with Gasteiger partial charge in [0.2, 0.25) is 0 Å². The maximum Gasteiger partial charge on any atom is 0.0368 e. The third-order valence-corrected chi connectivity index (χ3v) is 3.12. The summed E-state index contributed by atoms with van der Waals surface area (Å²) >= 11 is 0. The summed E-state index contributed by atoms with van der Waals surface area (Å²) in [6, 6.07) is 9.08. The molecule has 0 radical (unpaired) electrons. The Kier molecular flexibility index (Phi) is 3.22. The fourth-order valence-electron chi connectivity index (χ4n) is 2.45. The lowest BCUT2D eigenvalue weighted by atomic mass is 9.88. The zero-order chi connectivity index (χ0) is 11.6. The molecule has 0 aliphatic carbocycles. The van der Waals surface area contributed by atoms with E-state index in [9.17, 15) is 0 Å². The van der Waals surface area contributed by atoms with Crippen LogP contribution in [-0.2, 0) is 6.42 Å². The van der Waals surface area contributed by atoms with Crippen molar-refractivity contribution in [3.63, 3.8) is 0 Å². The van der Waals surface area contributed by atoms with Crippen LogP contribution in [0.4, 0.5) is 5.69 Å². The molecule has 88 valence electrons. The fraction of sp³-hybridized carbons (Fsp3) is 0.600. The van der Waals surface area contributed by atoms with Gasteiger partial charge in [0.1, 0.15) is 0 Å². The lowest BCUT2D eigenvalue weighted by molar-refractivity contribution is 0.411. The summed E-state index contributed by atoms with van der Waals surface area (Å²) in [4.78, 5) is 2.51. The molecule has 1 nitrogen and oxygen atoms in total. The van der Waals surface area contributed by atoms with Gasteiger partial charge in [0, 0.05) is 18.8 Å². The number of anilines is 1. The summed E-state index contributed by atoms with van der Waals surface area (Å²) in [7, 11) is 0. The Bertz CT molecular complexity index is 343. The highest BCUT2D eigenvalue weighted by molar-refractivity contribution is 5.49. The van der Waals surface area contributed by atoms with Crippen molar-refractivity contribution in [2.24, 2.45) is 5.41 Å². The van der Waals surface area contributed by atoms with E-state index >= 15 is 0 Å². The highest BCUT2D eigenvalue weighted by Gasteiger charge is 2.14. The van der Waals surface area contributed by atoms with Gasteiger partial charge in [-0.1, -0.05) is 32.9 Å². The fourth-order valence-corrected chi connectivity index (χ4v) is 2.45. The predicted molar refractivity (Wildman–Crippen MR) is 71.0 cm³/mol. The molecule has 0 N–H and O–H groups in total. The zero-order valence-corrected chi connectivity index (χ0v) is 10.8. The first kappa shape index (κ1) is 11.5. The number of benzene rings is 1. The molecule has 1 aliphatic heterocycles. The van der Waals surface area contributed by atoms with Crippen LogP contribution in [0.5, 0.6) is 0 Å². The van der Waals surface area contributed by atoms with Gasteiger partial charge in [-0.05, 0) is 42.4 Å². The van der Waals surface area contributed by atoms with Crippen molar-refractivity contribution in [3.05, 3.63) is 29.8 Å². The quantitative estimate of drug-likeness (QED) is 0.726. The smallest absolute Gasteiger partial charge is 0.0368 e. The summed E-state index contributed by atoms with van der Waals surface area (Å²) in [5.74, 6) is 0. The van der Waals surface area contributed by atoms with E-state index in [2.05, 4.69) is 49.9 Å². The Morgan fingerprint density at radius 3 is 2.44 bits per heavy atom. The lowest BCUT2D eigenvalue weighted by Crippen LogP contribution is -2.18. The van der Waals surface area contributed by atoms with E-state index in [1.807, 2.05) is 0 Å². The van der Waals surface area contributed by atoms with E-state index in [1.165, 1.54) is 37.2 Å². The average molecular weight is 217 g/mol. The average Bonchev–Trinajstić information content (AvgIpc) is 2.68. The largest absolute Gasteiger partial charge is 0.372 e. The molecule has 0 atom stereocenters. The molecule has 1 saturated heterocycles. The zero-order valence-electron chi connectivity index (χ0n) is 10.8. The van der Waals surface area contributed by atoms with Gasteiger partial charge < -0.3 is 4.90 Å². The van der Waals surface area contributed by atoms with Crippen molar-refractivity contribution in [3.8, 4) is 0 Å². The Labute approximate surface area is 99.5 Å². The van der Waals surface area contributed by atoms with E-state index in [4.69, 9.17) is 0 Å². The molecule has 0 amide bonds. The second kappa shape index (κ2) is 4.48. The molecule has 0 unspecified atom stereocenters. The standard InChI is InChI=1S/C15H23N/c1-15(2,3)12-13-7-6-8-14(11-13)16-9-4-5-10-16/h6-8,11H,4-5,9-10,12H2,1-3H3. The molecular weight excluding hydrogens is 194 g/mol. The van der Waals surface area contributed by atoms with E-state index in [0.717, 1.165) is 6.42 Å². The van der Waals surface area contributed by atoms with Crippen molar-refractivity contribution in [2.75, 3.05) is 18.0 Å². The molecule has 1 fully saturated rings. The molecule has 1 aliphatic rings. The van der Waals surface area contributed by atoms with Gasteiger partial charge in [0.05, 0.1) is 0 Å². The van der Waals surface area contributed by atoms with Crippen LogP contribution in [0.25, 0.3) is 0 Å². The molecule has 0 aromatic heterocycles. The molecule has 0 spiro atoms. The summed E-state index contributed by atoms with van der Waals surface area (Å²) < 4.78 is 0. The Morgan fingerprint density at radius 1 is 1.12 bits per heavy atom. The minimum atomic E-state index is 0.379. The van der Waals surface area contributed by atoms with Gasteiger partial charge in [-0.2, -0.15) is 0 Å². The molecule has 1 aromatic carbocycles. The van der Waals surface area contributed by atoms with E-state index in [-0.39, 0.29) is 0 Å². The number of rotatable bonds is 2. The lowest BCUT2D eigenvalue weighted by Gasteiger charge is -2.21. The molecule has 0 saturated carbocycles. The second-order valence-corrected chi connectivity index (χ2v) is 6.10. The van der Waals surface area contributed by atoms with Gasteiger partial charge in [0.25, 0.3) is 0 Å². The van der Waals surface area contributed by atoms with Gasteiger partial charge in [-0.3, -0.25) is 0 Å². The minimum Gasteiger partial charge on any atom is -0.372 e. The van der Waals surface area contributed by atoms with Crippen LogP contribution in [-0.4, -0.2) is 13.1 Å². The minimum absolute atomic E-state index is 0.379. The summed E-state index contributed by atoms with van der Waals surface area (Å²) in [6.07, 6.45) is 3.86. The molecule has 1 heterocycles. The van der Waals surface area contributed by atoms with Crippen LogP contribution in [0.1, 0.15) is 39.2 Å². The van der Waals surface area contributed by atoms with Crippen molar-refractivity contribution in [2.45, 2.75) is 40.0 Å². The van der Waals surface area contributed by atoms with Gasteiger partial charge >= 0.3 is 0 Å². The third kappa shape index (κ3) is 3.01. The Balaban J connectivity index is 2.12. The maximum absolute atomic E-state index is 2.51. The molecule has 1 heteroatoms. The van der Waals surface area contributed by atoms with Crippen molar-refractivity contribution in [1.29, 1.82) is 0 Å². The molecule has 0 bridgehead atoms. The van der Waals surface area contributed by atoms with Gasteiger partial charge in [0.15, 0.2) is 0 Å². The van der Waals surface area contributed by atoms with Crippen molar-refractivity contribution < 1.29 is 0 Å². The maximum atomic E-state index is 2.51. The number of hydrogen-bond donors (Lipinski definition) is 0. The van der Waals surface area contributed by atoms with Crippen LogP contribution in [0, 0.1) is 5.41 Å². The summed E-state index contributed by atoms with van der Waals surface area (Å²) in [5, 5.41) is 0. The van der Waals surface area contributed by atoms with E-state index < -0.39 is 0 Å².